The molecular weight excluding hydrogens is 565 g/mol. The molecule has 1 atom stereocenters. The van der Waals surface area contributed by atoms with Gasteiger partial charge in [0.25, 0.3) is 10.0 Å². The van der Waals surface area contributed by atoms with Crippen molar-refractivity contribution in [1.29, 1.82) is 0 Å². The molecule has 1 aliphatic carbocycles. The highest BCUT2D eigenvalue weighted by molar-refractivity contribution is 7.92. The van der Waals surface area contributed by atoms with Gasteiger partial charge in [-0.3, -0.25) is 13.9 Å². The van der Waals surface area contributed by atoms with Crippen molar-refractivity contribution in [2.24, 2.45) is 0 Å². The monoisotopic (exact) mass is 607 g/mol. The molecule has 3 aromatic carbocycles. The highest BCUT2D eigenvalue weighted by atomic mass is 32.2. The van der Waals surface area contributed by atoms with Gasteiger partial charge in [0.15, 0.2) is 0 Å². The third kappa shape index (κ3) is 8.02. The van der Waals surface area contributed by atoms with Gasteiger partial charge < -0.3 is 10.2 Å². The van der Waals surface area contributed by atoms with E-state index in [1.54, 1.807) is 37.3 Å². The minimum absolute atomic E-state index is 0.0287. The number of aryl methyl sites for hydroxylation is 3. The van der Waals surface area contributed by atoms with Gasteiger partial charge in [-0.25, -0.2) is 12.8 Å². The van der Waals surface area contributed by atoms with Gasteiger partial charge in [0.1, 0.15) is 18.4 Å². The molecule has 1 saturated carbocycles. The average molecular weight is 608 g/mol. The Morgan fingerprint density at radius 3 is 2.16 bits per heavy atom. The van der Waals surface area contributed by atoms with Gasteiger partial charge in [0.2, 0.25) is 11.8 Å². The molecule has 0 saturated heterocycles. The number of hydrogen-bond acceptors (Lipinski definition) is 4. The van der Waals surface area contributed by atoms with Gasteiger partial charge in [-0.05, 0) is 87.1 Å². The summed E-state index contributed by atoms with van der Waals surface area (Å²) in [6, 6.07) is 17.0. The Morgan fingerprint density at radius 2 is 1.53 bits per heavy atom. The van der Waals surface area contributed by atoms with Crippen molar-refractivity contribution in [3.63, 3.8) is 0 Å². The Bertz CT molecular complexity index is 1520. The molecule has 0 spiro atoms. The maximum atomic E-state index is 14.3. The van der Waals surface area contributed by atoms with Crippen molar-refractivity contribution in [2.75, 3.05) is 10.8 Å². The number of benzene rings is 3. The first-order valence-corrected chi connectivity index (χ1v) is 16.4. The first-order chi connectivity index (χ1) is 20.5. The van der Waals surface area contributed by atoms with Crippen LogP contribution in [0.4, 0.5) is 10.1 Å². The van der Waals surface area contributed by atoms with Crippen molar-refractivity contribution >= 4 is 27.5 Å². The van der Waals surface area contributed by atoms with Crippen LogP contribution >= 0.6 is 0 Å². The van der Waals surface area contributed by atoms with Crippen LogP contribution in [-0.2, 0) is 26.2 Å². The zero-order chi connectivity index (χ0) is 31.1. The Hall–Kier alpha value is -3.72. The number of anilines is 1. The van der Waals surface area contributed by atoms with Crippen LogP contribution in [0, 0.1) is 26.6 Å². The van der Waals surface area contributed by atoms with Crippen molar-refractivity contribution in [3.8, 4) is 0 Å². The van der Waals surface area contributed by atoms with E-state index in [2.05, 4.69) is 5.32 Å². The molecule has 3 aromatic rings. The SMILES string of the molecule is CC[C@@H](C(=O)NC1CCCCC1)N(Cc1ccc(F)cc1)C(=O)CN(c1cc(C)ccc1C)S(=O)(=O)c1ccc(C)cc1. The molecule has 43 heavy (non-hydrogen) atoms. The second-order valence-electron chi connectivity index (χ2n) is 11.5. The van der Waals surface area contributed by atoms with Crippen LogP contribution in [0.5, 0.6) is 0 Å². The molecule has 0 unspecified atom stereocenters. The second-order valence-corrected chi connectivity index (χ2v) is 13.4. The standard InChI is InChI=1S/C34H42FN3O4S/c1-5-31(34(40)36-29-9-7-6-8-10-29)37(22-27-15-17-28(35)18-16-27)33(39)23-38(32-21-25(3)11-14-26(32)4)43(41,42)30-19-12-24(2)13-20-30/h11-21,29,31H,5-10,22-23H2,1-4H3,(H,36,40)/t31-/m0/s1. The lowest BCUT2D eigenvalue weighted by Gasteiger charge is -2.35. The molecule has 2 amide bonds. The third-order valence-electron chi connectivity index (χ3n) is 8.12. The van der Waals surface area contributed by atoms with Crippen molar-refractivity contribution in [1.82, 2.24) is 10.2 Å². The number of amides is 2. The molecule has 1 aliphatic rings. The van der Waals surface area contributed by atoms with E-state index in [0.29, 0.717) is 23.2 Å². The highest BCUT2D eigenvalue weighted by Gasteiger charge is 2.35. The Balaban J connectivity index is 1.73. The van der Waals surface area contributed by atoms with Crippen LogP contribution in [0.15, 0.2) is 71.6 Å². The van der Waals surface area contributed by atoms with Gasteiger partial charge in [-0.2, -0.15) is 0 Å². The fourth-order valence-electron chi connectivity index (χ4n) is 5.59. The van der Waals surface area contributed by atoms with Gasteiger partial charge >= 0.3 is 0 Å². The van der Waals surface area contributed by atoms with Crippen LogP contribution in [0.1, 0.15) is 67.7 Å². The highest BCUT2D eigenvalue weighted by Crippen LogP contribution is 2.29. The predicted octanol–water partition coefficient (Wildman–Crippen LogP) is 6.20. The Kier molecular flexibility index (Phi) is 10.6. The molecule has 230 valence electrons. The van der Waals surface area contributed by atoms with Crippen LogP contribution < -0.4 is 9.62 Å². The summed E-state index contributed by atoms with van der Waals surface area (Å²) in [5, 5.41) is 3.14. The van der Waals surface area contributed by atoms with E-state index in [4.69, 9.17) is 0 Å². The fourth-order valence-corrected chi connectivity index (χ4v) is 7.06. The summed E-state index contributed by atoms with van der Waals surface area (Å²) >= 11 is 0. The predicted molar refractivity (Wildman–Crippen MR) is 168 cm³/mol. The van der Waals surface area contributed by atoms with E-state index in [-0.39, 0.29) is 23.4 Å². The minimum Gasteiger partial charge on any atom is -0.352 e. The van der Waals surface area contributed by atoms with E-state index < -0.39 is 34.3 Å². The summed E-state index contributed by atoms with van der Waals surface area (Å²) in [5.74, 6) is -1.19. The molecule has 0 bridgehead atoms. The first kappa shape index (κ1) is 32.2. The molecule has 7 nitrogen and oxygen atoms in total. The Labute approximate surface area is 255 Å². The van der Waals surface area contributed by atoms with E-state index in [1.165, 1.54) is 29.2 Å². The lowest BCUT2D eigenvalue weighted by Crippen LogP contribution is -2.54. The summed E-state index contributed by atoms with van der Waals surface area (Å²) in [6.07, 6.45) is 5.35. The lowest BCUT2D eigenvalue weighted by atomic mass is 9.95. The van der Waals surface area contributed by atoms with Crippen LogP contribution in [-0.4, -0.2) is 43.8 Å². The number of sulfonamides is 1. The fraction of sp³-hybridized carbons (Fsp3) is 0.412. The molecule has 1 N–H and O–H groups in total. The number of nitrogens with one attached hydrogen (secondary N) is 1. The second kappa shape index (κ2) is 14.2. The molecule has 0 aromatic heterocycles. The molecule has 0 heterocycles. The maximum Gasteiger partial charge on any atom is 0.264 e. The average Bonchev–Trinajstić information content (AvgIpc) is 2.98. The van der Waals surface area contributed by atoms with Gasteiger partial charge in [-0.1, -0.05) is 68.1 Å². The van der Waals surface area contributed by atoms with Crippen molar-refractivity contribution in [3.05, 3.63) is 94.8 Å². The van der Waals surface area contributed by atoms with E-state index in [9.17, 15) is 22.4 Å². The number of carbonyl (C=O) groups is 2. The van der Waals surface area contributed by atoms with E-state index in [1.807, 2.05) is 32.9 Å². The number of rotatable bonds is 11. The largest absolute Gasteiger partial charge is 0.352 e. The first-order valence-electron chi connectivity index (χ1n) is 15.0. The molecule has 1 fully saturated rings. The normalized spacial score (nSPS) is 14.6. The molecule has 0 aliphatic heterocycles. The van der Waals surface area contributed by atoms with Crippen LogP contribution in [0.25, 0.3) is 0 Å². The zero-order valence-electron chi connectivity index (χ0n) is 25.5. The van der Waals surface area contributed by atoms with Crippen molar-refractivity contribution < 1.29 is 22.4 Å². The summed E-state index contributed by atoms with van der Waals surface area (Å²) in [5.41, 5.74) is 3.49. The van der Waals surface area contributed by atoms with Crippen molar-refractivity contribution in [2.45, 2.75) is 89.7 Å². The minimum atomic E-state index is -4.16. The summed E-state index contributed by atoms with van der Waals surface area (Å²) in [6.45, 7) is 6.90. The van der Waals surface area contributed by atoms with Crippen LogP contribution in [0.2, 0.25) is 0 Å². The topological polar surface area (TPSA) is 86.8 Å². The van der Waals surface area contributed by atoms with Gasteiger partial charge in [0.05, 0.1) is 10.6 Å². The van der Waals surface area contributed by atoms with Gasteiger partial charge in [0, 0.05) is 12.6 Å². The maximum absolute atomic E-state index is 14.3. The van der Waals surface area contributed by atoms with Crippen LogP contribution in [0.3, 0.4) is 0 Å². The molecular formula is C34H42FN3O4S. The molecule has 0 radical (unpaired) electrons. The number of halogens is 1. The third-order valence-corrected chi connectivity index (χ3v) is 9.90. The molecule has 9 heteroatoms. The summed E-state index contributed by atoms with van der Waals surface area (Å²) in [4.78, 5) is 29.4. The zero-order valence-corrected chi connectivity index (χ0v) is 26.3. The number of carbonyl (C=O) groups excluding carboxylic acids is 2. The van der Waals surface area contributed by atoms with E-state index >= 15 is 0 Å². The lowest BCUT2D eigenvalue weighted by molar-refractivity contribution is -0.140. The smallest absolute Gasteiger partial charge is 0.264 e. The Morgan fingerprint density at radius 1 is 0.907 bits per heavy atom. The summed E-state index contributed by atoms with van der Waals surface area (Å²) in [7, 11) is -4.16. The van der Waals surface area contributed by atoms with E-state index in [0.717, 1.165) is 47.5 Å². The number of nitrogens with zero attached hydrogens (tertiary/aromatic N) is 2. The molecule has 4 rings (SSSR count). The summed E-state index contributed by atoms with van der Waals surface area (Å²) < 4.78 is 43.1. The number of hydrogen-bond donors (Lipinski definition) is 1. The quantitative estimate of drug-likeness (QED) is 0.281. The van der Waals surface area contributed by atoms with Gasteiger partial charge in [-0.15, -0.1) is 0 Å².